The number of carbonyl (C=O) groups is 1. The van der Waals surface area contributed by atoms with Crippen molar-refractivity contribution >= 4 is 17.5 Å². The minimum atomic E-state index is -0.169. The first-order valence-corrected chi connectivity index (χ1v) is 7.79. The van der Waals surface area contributed by atoms with Crippen LogP contribution in [0.2, 0.25) is 0 Å². The number of nitrogens with one attached hydrogen (secondary N) is 1. The number of nitrogens with zero attached hydrogens (tertiary/aromatic N) is 2. The second-order valence-electron chi connectivity index (χ2n) is 5.56. The number of pyridine rings is 1. The molecule has 1 aliphatic heterocycles. The Hall–Kier alpha value is -1.78. The lowest BCUT2D eigenvalue weighted by Crippen LogP contribution is -2.33. The zero-order chi connectivity index (χ0) is 15.1. The quantitative estimate of drug-likeness (QED) is 0.817. The molecule has 0 saturated carbocycles. The molecule has 2 heterocycles. The highest BCUT2D eigenvalue weighted by atomic mass is 16.5. The minimum absolute atomic E-state index is 0.169. The van der Waals surface area contributed by atoms with Crippen LogP contribution in [0.1, 0.15) is 33.1 Å². The summed E-state index contributed by atoms with van der Waals surface area (Å²) in [5, 5.41) is 3.19. The fourth-order valence-electron chi connectivity index (χ4n) is 2.46. The van der Waals surface area contributed by atoms with Crippen molar-refractivity contribution in [2.45, 2.75) is 33.1 Å². The van der Waals surface area contributed by atoms with E-state index in [4.69, 9.17) is 4.74 Å². The van der Waals surface area contributed by atoms with Gasteiger partial charge in [-0.05, 0) is 37.8 Å². The molecule has 5 nitrogen and oxygen atoms in total. The molecule has 0 spiro atoms. The lowest BCUT2D eigenvalue weighted by molar-refractivity contribution is -0.142. The lowest BCUT2D eigenvalue weighted by Gasteiger charge is -2.31. The summed E-state index contributed by atoms with van der Waals surface area (Å²) in [4.78, 5) is 18.1. The lowest BCUT2D eigenvalue weighted by atomic mass is 9.99. The number of rotatable bonds is 6. The van der Waals surface area contributed by atoms with Gasteiger partial charge in [-0.1, -0.05) is 6.92 Å². The highest BCUT2D eigenvalue weighted by Gasteiger charge is 2.16. The van der Waals surface area contributed by atoms with Crippen molar-refractivity contribution < 1.29 is 9.53 Å². The van der Waals surface area contributed by atoms with Gasteiger partial charge in [-0.25, -0.2) is 4.98 Å². The van der Waals surface area contributed by atoms with Gasteiger partial charge in [0.05, 0.1) is 24.9 Å². The van der Waals surface area contributed by atoms with Gasteiger partial charge in [-0.3, -0.25) is 4.79 Å². The number of hydrogen-bond donors (Lipinski definition) is 1. The number of hydrogen-bond acceptors (Lipinski definition) is 5. The Morgan fingerprint density at radius 1 is 1.43 bits per heavy atom. The summed E-state index contributed by atoms with van der Waals surface area (Å²) in [6.45, 7) is 7.30. The molecule has 116 valence electrons. The van der Waals surface area contributed by atoms with Gasteiger partial charge in [0.15, 0.2) is 0 Å². The van der Waals surface area contributed by atoms with Crippen LogP contribution in [-0.2, 0) is 9.53 Å². The summed E-state index contributed by atoms with van der Waals surface area (Å²) in [6, 6.07) is 4.06. The van der Waals surface area contributed by atoms with E-state index in [0.29, 0.717) is 19.6 Å². The number of aromatic nitrogens is 1. The normalized spacial score (nSPS) is 15.8. The Balaban J connectivity index is 1.78. The molecule has 1 aromatic rings. The van der Waals surface area contributed by atoms with E-state index in [0.717, 1.165) is 30.5 Å². The average Bonchev–Trinajstić information content (AvgIpc) is 2.49. The molecule has 0 unspecified atom stereocenters. The van der Waals surface area contributed by atoms with E-state index in [1.807, 2.05) is 25.3 Å². The first-order valence-electron chi connectivity index (χ1n) is 7.79. The zero-order valence-electron chi connectivity index (χ0n) is 13.0. The smallest absolute Gasteiger partial charge is 0.307 e. The Kier molecular flexibility index (Phi) is 5.84. The number of ether oxygens (including phenoxy) is 1. The van der Waals surface area contributed by atoms with Gasteiger partial charge < -0.3 is 15.0 Å². The number of piperidine rings is 1. The number of carbonyl (C=O) groups excluding carboxylic acids is 1. The molecule has 1 saturated heterocycles. The topological polar surface area (TPSA) is 54.5 Å². The van der Waals surface area contributed by atoms with Crippen molar-refractivity contribution in [3.63, 3.8) is 0 Å². The van der Waals surface area contributed by atoms with E-state index < -0.39 is 0 Å². The molecule has 1 fully saturated rings. The second-order valence-corrected chi connectivity index (χ2v) is 5.56. The molecule has 0 atom stereocenters. The Morgan fingerprint density at radius 3 is 2.81 bits per heavy atom. The van der Waals surface area contributed by atoms with Gasteiger partial charge in [-0.2, -0.15) is 0 Å². The third-order valence-corrected chi connectivity index (χ3v) is 3.82. The maximum atomic E-state index is 11.2. The molecule has 5 heteroatoms. The van der Waals surface area contributed by atoms with Gasteiger partial charge in [0.25, 0.3) is 0 Å². The van der Waals surface area contributed by atoms with Crippen LogP contribution in [0.4, 0.5) is 11.5 Å². The van der Waals surface area contributed by atoms with Crippen LogP contribution in [-0.4, -0.2) is 37.2 Å². The highest BCUT2D eigenvalue weighted by molar-refractivity contribution is 5.70. The van der Waals surface area contributed by atoms with Crippen molar-refractivity contribution in [2.24, 2.45) is 5.92 Å². The molecule has 1 aromatic heterocycles. The Bertz CT molecular complexity index is 439. The number of esters is 1. The van der Waals surface area contributed by atoms with Crippen LogP contribution < -0.4 is 10.2 Å². The molecular formula is C16H25N3O2. The van der Waals surface area contributed by atoms with E-state index in [1.165, 1.54) is 12.8 Å². The van der Waals surface area contributed by atoms with E-state index in [1.54, 1.807) is 0 Å². The van der Waals surface area contributed by atoms with Gasteiger partial charge in [-0.15, -0.1) is 0 Å². The molecule has 1 aliphatic rings. The monoisotopic (exact) mass is 291 g/mol. The summed E-state index contributed by atoms with van der Waals surface area (Å²) in [6.07, 6.45) is 4.68. The molecular weight excluding hydrogens is 266 g/mol. The van der Waals surface area contributed by atoms with Crippen molar-refractivity contribution in [3.05, 3.63) is 18.3 Å². The van der Waals surface area contributed by atoms with E-state index in [2.05, 4.69) is 22.1 Å². The fraction of sp³-hybridized carbons (Fsp3) is 0.625. The van der Waals surface area contributed by atoms with Crippen molar-refractivity contribution in [1.82, 2.24) is 4.98 Å². The van der Waals surface area contributed by atoms with Gasteiger partial charge in [0.1, 0.15) is 5.82 Å². The molecule has 2 rings (SSSR count). The summed E-state index contributed by atoms with van der Waals surface area (Å²) < 4.78 is 4.89. The van der Waals surface area contributed by atoms with Crippen molar-refractivity contribution in [3.8, 4) is 0 Å². The van der Waals surface area contributed by atoms with Crippen LogP contribution in [0.5, 0.6) is 0 Å². The summed E-state index contributed by atoms with van der Waals surface area (Å²) in [5.41, 5.74) is 0.938. The molecule has 0 aromatic carbocycles. The first-order chi connectivity index (χ1) is 10.2. The highest BCUT2D eigenvalue weighted by Crippen LogP contribution is 2.22. The van der Waals surface area contributed by atoms with E-state index >= 15 is 0 Å². The van der Waals surface area contributed by atoms with Crippen LogP contribution in [0.25, 0.3) is 0 Å². The molecule has 21 heavy (non-hydrogen) atoms. The third kappa shape index (κ3) is 4.92. The molecule has 1 N–H and O–H groups in total. The predicted molar refractivity (Wildman–Crippen MR) is 84.6 cm³/mol. The maximum Gasteiger partial charge on any atom is 0.307 e. The molecule has 0 bridgehead atoms. The van der Waals surface area contributed by atoms with Crippen LogP contribution >= 0.6 is 0 Å². The zero-order valence-corrected chi connectivity index (χ0v) is 13.0. The van der Waals surface area contributed by atoms with Gasteiger partial charge in [0.2, 0.25) is 0 Å². The van der Waals surface area contributed by atoms with Crippen LogP contribution in [0.3, 0.4) is 0 Å². The summed E-state index contributed by atoms with van der Waals surface area (Å²) in [5.74, 6) is 1.69. The van der Waals surface area contributed by atoms with Crippen molar-refractivity contribution in [2.75, 3.05) is 36.5 Å². The fourth-order valence-corrected chi connectivity index (χ4v) is 2.46. The molecule has 0 amide bonds. The molecule has 0 radical (unpaired) electrons. The SMILES string of the molecule is CCOC(=O)CCNc1ccc(N2CCC(C)CC2)nc1. The largest absolute Gasteiger partial charge is 0.466 e. The van der Waals surface area contributed by atoms with Gasteiger partial charge >= 0.3 is 5.97 Å². The Labute approximate surface area is 126 Å². The number of anilines is 2. The first kappa shape index (κ1) is 15.6. The van der Waals surface area contributed by atoms with E-state index in [9.17, 15) is 4.79 Å². The molecule has 0 aliphatic carbocycles. The summed E-state index contributed by atoms with van der Waals surface area (Å²) >= 11 is 0. The standard InChI is InChI=1S/C16H25N3O2/c1-3-21-16(20)6-9-17-14-4-5-15(18-12-14)19-10-7-13(2)8-11-19/h4-5,12-13,17H,3,6-11H2,1-2H3. The van der Waals surface area contributed by atoms with Crippen molar-refractivity contribution in [1.29, 1.82) is 0 Å². The predicted octanol–water partition coefficient (Wildman–Crippen LogP) is 2.68. The summed E-state index contributed by atoms with van der Waals surface area (Å²) in [7, 11) is 0. The average molecular weight is 291 g/mol. The van der Waals surface area contributed by atoms with Crippen LogP contribution in [0, 0.1) is 5.92 Å². The Morgan fingerprint density at radius 2 is 2.19 bits per heavy atom. The van der Waals surface area contributed by atoms with Gasteiger partial charge in [0, 0.05) is 19.6 Å². The minimum Gasteiger partial charge on any atom is -0.466 e. The maximum absolute atomic E-state index is 11.2. The van der Waals surface area contributed by atoms with E-state index in [-0.39, 0.29) is 5.97 Å². The second kappa shape index (κ2) is 7.86. The van der Waals surface area contributed by atoms with Crippen LogP contribution in [0.15, 0.2) is 18.3 Å². The third-order valence-electron chi connectivity index (χ3n) is 3.82.